The molecule has 1 aliphatic rings. The number of sulfone groups is 1. The predicted octanol–water partition coefficient (Wildman–Crippen LogP) is 1.58. The first kappa shape index (κ1) is 10.4. The zero-order valence-corrected chi connectivity index (χ0v) is 9.03. The minimum atomic E-state index is -3.44. The van der Waals surface area contributed by atoms with E-state index in [0.717, 1.165) is 0 Å². The number of rotatable bonds is 2. The van der Waals surface area contributed by atoms with Crippen molar-refractivity contribution in [3.05, 3.63) is 30.3 Å². The summed E-state index contributed by atoms with van der Waals surface area (Å²) < 4.78 is 24.0. The number of benzene rings is 1. The van der Waals surface area contributed by atoms with Crippen molar-refractivity contribution in [2.24, 2.45) is 0 Å². The normalized spacial score (nSPS) is 21.9. The van der Waals surface area contributed by atoms with Gasteiger partial charge in [0.05, 0.1) is 4.90 Å². The van der Waals surface area contributed by atoms with Gasteiger partial charge >= 0.3 is 0 Å². The van der Waals surface area contributed by atoms with Crippen LogP contribution in [0.2, 0.25) is 0 Å². The number of hydrogen-bond acceptors (Lipinski definition) is 3. The van der Waals surface area contributed by atoms with E-state index in [4.69, 9.17) is 0 Å². The van der Waals surface area contributed by atoms with Gasteiger partial charge in [0.1, 0.15) is 5.25 Å². The van der Waals surface area contributed by atoms with Crippen LogP contribution in [0.4, 0.5) is 0 Å². The smallest absolute Gasteiger partial charge is 0.188 e. The third kappa shape index (κ3) is 1.81. The van der Waals surface area contributed by atoms with Gasteiger partial charge in [-0.05, 0) is 25.0 Å². The van der Waals surface area contributed by atoms with Crippen LogP contribution in [0.25, 0.3) is 0 Å². The van der Waals surface area contributed by atoms with Gasteiger partial charge in [-0.25, -0.2) is 8.42 Å². The van der Waals surface area contributed by atoms with Gasteiger partial charge in [0.2, 0.25) is 0 Å². The second kappa shape index (κ2) is 3.77. The molecule has 1 aromatic carbocycles. The molecule has 0 saturated heterocycles. The summed E-state index contributed by atoms with van der Waals surface area (Å²) in [6, 6.07) is 8.19. The average molecular weight is 224 g/mol. The van der Waals surface area contributed by atoms with Gasteiger partial charge in [0.15, 0.2) is 15.6 Å². The molecule has 0 aliphatic heterocycles. The fourth-order valence-corrected chi connectivity index (χ4v) is 3.69. The zero-order valence-electron chi connectivity index (χ0n) is 8.22. The van der Waals surface area contributed by atoms with E-state index in [-0.39, 0.29) is 10.7 Å². The van der Waals surface area contributed by atoms with Gasteiger partial charge in [0, 0.05) is 6.42 Å². The van der Waals surface area contributed by atoms with Crippen LogP contribution >= 0.6 is 0 Å². The maximum atomic E-state index is 12.0. The Morgan fingerprint density at radius 1 is 1.13 bits per heavy atom. The number of ketones is 1. The molecule has 0 aromatic heterocycles. The van der Waals surface area contributed by atoms with Crippen molar-refractivity contribution in [3.8, 4) is 0 Å². The standard InChI is InChI=1S/C11H12O3S/c12-10-7-4-8-11(10)15(13,14)9-5-2-1-3-6-9/h1-3,5-6,11H,4,7-8H2/t11-/m0/s1. The van der Waals surface area contributed by atoms with Crippen molar-refractivity contribution in [1.82, 2.24) is 0 Å². The monoisotopic (exact) mass is 224 g/mol. The van der Waals surface area contributed by atoms with Crippen LogP contribution in [0, 0.1) is 0 Å². The number of Topliss-reactive ketones (excluding diaryl/α,β-unsaturated/α-hetero) is 1. The fraction of sp³-hybridized carbons (Fsp3) is 0.364. The third-order valence-electron chi connectivity index (χ3n) is 2.69. The van der Waals surface area contributed by atoms with Crippen LogP contribution < -0.4 is 0 Å². The van der Waals surface area contributed by atoms with Crippen LogP contribution in [0.3, 0.4) is 0 Å². The quantitative estimate of drug-likeness (QED) is 0.766. The molecule has 1 saturated carbocycles. The molecule has 4 heteroatoms. The average Bonchev–Trinajstić information content (AvgIpc) is 2.66. The number of carbonyl (C=O) groups excluding carboxylic acids is 1. The van der Waals surface area contributed by atoms with Gasteiger partial charge in [-0.2, -0.15) is 0 Å². The van der Waals surface area contributed by atoms with E-state index in [1.165, 1.54) is 0 Å². The Hall–Kier alpha value is -1.16. The molecule has 1 atom stereocenters. The van der Waals surface area contributed by atoms with Crippen molar-refractivity contribution in [1.29, 1.82) is 0 Å². The largest absolute Gasteiger partial charge is 0.298 e. The van der Waals surface area contributed by atoms with E-state index < -0.39 is 15.1 Å². The van der Waals surface area contributed by atoms with E-state index in [1.54, 1.807) is 30.3 Å². The molecule has 1 aromatic rings. The summed E-state index contributed by atoms with van der Waals surface area (Å²) in [4.78, 5) is 11.7. The lowest BCUT2D eigenvalue weighted by molar-refractivity contribution is -0.117. The van der Waals surface area contributed by atoms with Crippen LogP contribution in [-0.2, 0) is 14.6 Å². The highest BCUT2D eigenvalue weighted by molar-refractivity contribution is 7.92. The van der Waals surface area contributed by atoms with Crippen LogP contribution in [-0.4, -0.2) is 19.5 Å². The maximum absolute atomic E-state index is 12.0. The SMILES string of the molecule is O=C1CCC[C@@H]1S(=O)(=O)c1ccccc1. The highest BCUT2D eigenvalue weighted by atomic mass is 32.2. The first-order chi connectivity index (χ1) is 7.12. The Balaban J connectivity index is 2.40. The van der Waals surface area contributed by atoms with Gasteiger partial charge in [-0.3, -0.25) is 4.79 Å². The summed E-state index contributed by atoms with van der Waals surface area (Å²) in [7, 11) is -3.44. The molecule has 0 unspecified atom stereocenters. The lowest BCUT2D eigenvalue weighted by Crippen LogP contribution is -2.25. The lowest BCUT2D eigenvalue weighted by atomic mass is 10.3. The van der Waals surface area contributed by atoms with Gasteiger partial charge in [0.25, 0.3) is 0 Å². The van der Waals surface area contributed by atoms with Gasteiger partial charge < -0.3 is 0 Å². The second-order valence-corrected chi connectivity index (χ2v) is 5.84. The number of carbonyl (C=O) groups is 1. The van der Waals surface area contributed by atoms with Crippen molar-refractivity contribution < 1.29 is 13.2 Å². The van der Waals surface area contributed by atoms with Crippen molar-refractivity contribution in [2.45, 2.75) is 29.4 Å². The van der Waals surface area contributed by atoms with E-state index in [0.29, 0.717) is 19.3 Å². The Labute approximate surface area is 89.0 Å². The van der Waals surface area contributed by atoms with Crippen molar-refractivity contribution in [3.63, 3.8) is 0 Å². The molecule has 80 valence electrons. The maximum Gasteiger partial charge on any atom is 0.188 e. The molecule has 0 heterocycles. The zero-order chi connectivity index (χ0) is 10.9. The van der Waals surface area contributed by atoms with Crippen LogP contribution in [0.1, 0.15) is 19.3 Å². The first-order valence-electron chi connectivity index (χ1n) is 4.94. The molecular weight excluding hydrogens is 212 g/mol. The minimum Gasteiger partial charge on any atom is -0.298 e. The summed E-state index contributed by atoms with van der Waals surface area (Å²) >= 11 is 0. The Bertz CT molecular complexity index is 462. The molecule has 0 amide bonds. The molecule has 0 spiro atoms. The number of hydrogen-bond donors (Lipinski definition) is 0. The van der Waals surface area contributed by atoms with Crippen molar-refractivity contribution in [2.75, 3.05) is 0 Å². The summed E-state index contributed by atoms with van der Waals surface area (Å²) in [6.45, 7) is 0. The minimum absolute atomic E-state index is 0.140. The summed E-state index contributed by atoms with van der Waals surface area (Å²) in [5.41, 5.74) is 0. The molecule has 1 aliphatic carbocycles. The second-order valence-electron chi connectivity index (χ2n) is 3.71. The molecule has 0 bridgehead atoms. The van der Waals surface area contributed by atoms with E-state index in [2.05, 4.69) is 0 Å². The Morgan fingerprint density at radius 2 is 1.80 bits per heavy atom. The third-order valence-corrected chi connectivity index (χ3v) is 4.87. The topological polar surface area (TPSA) is 51.2 Å². The molecular formula is C11H12O3S. The highest BCUT2D eigenvalue weighted by Crippen LogP contribution is 2.26. The summed E-state index contributed by atoms with van der Waals surface area (Å²) in [5, 5.41) is -0.806. The summed E-state index contributed by atoms with van der Waals surface area (Å²) in [5.74, 6) is -0.140. The fourth-order valence-electron chi connectivity index (χ4n) is 1.89. The van der Waals surface area contributed by atoms with Gasteiger partial charge in [-0.15, -0.1) is 0 Å². The highest BCUT2D eigenvalue weighted by Gasteiger charge is 2.36. The Morgan fingerprint density at radius 3 is 2.33 bits per heavy atom. The lowest BCUT2D eigenvalue weighted by Gasteiger charge is -2.09. The van der Waals surface area contributed by atoms with E-state index in [1.807, 2.05) is 0 Å². The van der Waals surface area contributed by atoms with Crippen LogP contribution in [0.5, 0.6) is 0 Å². The molecule has 0 radical (unpaired) electrons. The molecule has 3 nitrogen and oxygen atoms in total. The predicted molar refractivity (Wildman–Crippen MR) is 56.3 cm³/mol. The van der Waals surface area contributed by atoms with Gasteiger partial charge in [-0.1, -0.05) is 18.2 Å². The van der Waals surface area contributed by atoms with E-state index >= 15 is 0 Å². The first-order valence-corrected chi connectivity index (χ1v) is 6.48. The Kier molecular flexibility index (Phi) is 2.61. The molecule has 2 rings (SSSR count). The molecule has 0 N–H and O–H groups in total. The van der Waals surface area contributed by atoms with Crippen LogP contribution in [0.15, 0.2) is 35.2 Å². The molecule has 15 heavy (non-hydrogen) atoms. The van der Waals surface area contributed by atoms with Crippen molar-refractivity contribution >= 4 is 15.6 Å². The van der Waals surface area contributed by atoms with E-state index in [9.17, 15) is 13.2 Å². The molecule has 1 fully saturated rings. The summed E-state index contributed by atoms with van der Waals surface area (Å²) in [6.07, 6.45) is 1.56.